The predicted molar refractivity (Wildman–Crippen MR) is 86.6 cm³/mol. The second kappa shape index (κ2) is 7.37. The van der Waals surface area contributed by atoms with E-state index in [4.69, 9.17) is 16.3 Å². The van der Waals surface area contributed by atoms with Crippen LogP contribution in [-0.4, -0.2) is 55.2 Å². The summed E-state index contributed by atoms with van der Waals surface area (Å²) in [6.07, 6.45) is -2.23. The molecule has 2 aliphatic rings. The molecule has 0 bridgehead atoms. The number of alkyl halides is 3. The van der Waals surface area contributed by atoms with E-state index in [2.05, 4.69) is 4.98 Å². The third kappa shape index (κ3) is 4.17. The number of hydrogen-bond acceptors (Lipinski definition) is 4. The Bertz CT molecular complexity index is 636. The van der Waals surface area contributed by atoms with Gasteiger partial charge in [-0.3, -0.25) is 4.79 Å². The second-order valence-electron chi connectivity index (χ2n) is 6.25. The number of hydrogen-bond donors (Lipinski definition) is 0. The zero-order valence-electron chi connectivity index (χ0n) is 13.6. The lowest BCUT2D eigenvalue weighted by Crippen LogP contribution is -2.39. The van der Waals surface area contributed by atoms with E-state index in [1.54, 1.807) is 4.90 Å². The summed E-state index contributed by atoms with van der Waals surface area (Å²) in [5.41, 5.74) is -0.867. The Balaban J connectivity index is 1.67. The maximum Gasteiger partial charge on any atom is 0.417 e. The van der Waals surface area contributed by atoms with Gasteiger partial charge in [-0.1, -0.05) is 11.6 Å². The van der Waals surface area contributed by atoms with Crippen molar-refractivity contribution in [3.63, 3.8) is 0 Å². The molecule has 1 unspecified atom stereocenters. The molecule has 2 saturated heterocycles. The molecule has 1 aromatic heterocycles. The second-order valence-corrected chi connectivity index (χ2v) is 6.66. The number of anilines is 1. The zero-order valence-corrected chi connectivity index (χ0v) is 14.3. The van der Waals surface area contributed by atoms with Crippen LogP contribution < -0.4 is 4.90 Å². The Kier molecular flexibility index (Phi) is 5.38. The molecule has 0 N–H and O–H groups in total. The molecule has 0 aliphatic carbocycles. The lowest BCUT2D eigenvalue weighted by molar-refractivity contribution is -0.138. The first-order chi connectivity index (χ1) is 11.9. The van der Waals surface area contributed by atoms with Gasteiger partial charge in [0.15, 0.2) is 0 Å². The highest BCUT2D eigenvalue weighted by molar-refractivity contribution is 6.33. The first-order valence-electron chi connectivity index (χ1n) is 8.20. The highest BCUT2D eigenvalue weighted by atomic mass is 35.5. The van der Waals surface area contributed by atoms with E-state index in [0.717, 1.165) is 18.7 Å². The maximum absolute atomic E-state index is 12.7. The maximum atomic E-state index is 12.7. The van der Waals surface area contributed by atoms with Crippen molar-refractivity contribution in [3.05, 3.63) is 22.8 Å². The standard InChI is InChI=1S/C16H19ClF3N3O2/c17-13-8-12(16(18,19)20)9-21-14(13)22-3-1-4-23(6-5-22)15(24)11-2-7-25-10-11/h8-9,11H,1-7,10H2. The quantitative estimate of drug-likeness (QED) is 0.795. The molecule has 3 rings (SSSR count). The van der Waals surface area contributed by atoms with Crippen molar-refractivity contribution < 1.29 is 22.7 Å². The summed E-state index contributed by atoms with van der Waals surface area (Å²) in [5, 5.41) is -0.0289. The summed E-state index contributed by atoms with van der Waals surface area (Å²) in [6, 6.07) is 0.896. The van der Waals surface area contributed by atoms with Gasteiger partial charge in [0.2, 0.25) is 5.91 Å². The van der Waals surface area contributed by atoms with Gasteiger partial charge in [-0.25, -0.2) is 4.98 Å². The van der Waals surface area contributed by atoms with Crippen LogP contribution in [0, 0.1) is 5.92 Å². The summed E-state index contributed by atoms with van der Waals surface area (Å²) in [6.45, 7) is 3.26. The van der Waals surface area contributed by atoms with Gasteiger partial charge in [0.05, 0.1) is 23.1 Å². The first kappa shape index (κ1) is 18.3. The van der Waals surface area contributed by atoms with Gasteiger partial charge in [-0.05, 0) is 18.9 Å². The van der Waals surface area contributed by atoms with Crippen LogP contribution in [0.1, 0.15) is 18.4 Å². The molecule has 138 valence electrons. The van der Waals surface area contributed by atoms with Crippen molar-refractivity contribution in [2.75, 3.05) is 44.3 Å². The fourth-order valence-electron chi connectivity index (χ4n) is 3.16. The van der Waals surface area contributed by atoms with Gasteiger partial charge >= 0.3 is 6.18 Å². The molecular weight excluding hydrogens is 359 g/mol. The van der Waals surface area contributed by atoms with Crippen LogP contribution in [0.4, 0.5) is 19.0 Å². The summed E-state index contributed by atoms with van der Waals surface area (Å²) < 4.78 is 43.5. The first-order valence-corrected chi connectivity index (χ1v) is 8.58. The number of amides is 1. The Morgan fingerprint density at radius 1 is 1.28 bits per heavy atom. The lowest BCUT2D eigenvalue weighted by atomic mass is 10.1. The minimum absolute atomic E-state index is 0.0289. The van der Waals surface area contributed by atoms with Crippen molar-refractivity contribution in [2.45, 2.75) is 19.0 Å². The molecule has 0 saturated carbocycles. The fraction of sp³-hybridized carbons (Fsp3) is 0.625. The molecule has 1 aromatic rings. The van der Waals surface area contributed by atoms with E-state index < -0.39 is 11.7 Å². The zero-order chi connectivity index (χ0) is 18.0. The topological polar surface area (TPSA) is 45.7 Å². The third-order valence-corrected chi connectivity index (χ3v) is 4.81. The molecule has 3 heterocycles. The Hall–Kier alpha value is -1.54. The number of halogens is 4. The number of pyridine rings is 1. The fourth-order valence-corrected chi connectivity index (χ4v) is 3.44. The highest BCUT2D eigenvalue weighted by Crippen LogP contribution is 2.33. The SMILES string of the molecule is O=C(C1CCOC1)N1CCCN(c2ncc(C(F)(F)F)cc2Cl)CC1. The third-order valence-electron chi connectivity index (χ3n) is 4.54. The van der Waals surface area contributed by atoms with Crippen LogP contribution in [0.2, 0.25) is 5.02 Å². The van der Waals surface area contributed by atoms with E-state index >= 15 is 0 Å². The van der Waals surface area contributed by atoms with E-state index in [-0.39, 0.29) is 16.8 Å². The molecule has 5 nitrogen and oxygen atoms in total. The minimum Gasteiger partial charge on any atom is -0.381 e. The largest absolute Gasteiger partial charge is 0.417 e. The van der Waals surface area contributed by atoms with Crippen LogP contribution >= 0.6 is 11.6 Å². The van der Waals surface area contributed by atoms with Crippen molar-refractivity contribution in [2.24, 2.45) is 5.92 Å². The van der Waals surface area contributed by atoms with Crippen molar-refractivity contribution in [3.8, 4) is 0 Å². The minimum atomic E-state index is -4.47. The number of aromatic nitrogens is 1. The summed E-state index contributed by atoms with van der Waals surface area (Å²) in [5.74, 6) is 0.332. The van der Waals surface area contributed by atoms with Crippen molar-refractivity contribution in [1.29, 1.82) is 0 Å². The average molecular weight is 378 g/mol. The summed E-state index contributed by atoms with van der Waals surface area (Å²) >= 11 is 6.02. The molecule has 0 aromatic carbocycles. The lowest BCUT2D eigenvalue weighted by Gasteiger charge is -2.25. The van der Waals surface area contributed by atoms with Gasteiger partial charge in [-0.15, -0.1) is 0 Å². The number of carbonyl (C=O) groups is 1. The Labute approximate surface area is 148 Å². The van der Waals surface area contributed by atoms with Gasteiger partial charge in [0.25, 0.3) is 0 Å². The molecule has 2 fully saturated rings. The highest BCUT2D eigenvalue weighted by Gasteiger charge is 2.33. The molecule has 0 spiro atoms. The smallest absolute Gasteiger partial charge is 0.381 e. The van der Waals surface area contributed by atoms with Crippen molar-refractivity contribution in [1.82, 2.24) is 9.88 Å². The Morgan fingerprint density at radius 3 is 2.72 bits per heavy atom. The van der Waals surface area contributed by atoms with Gasteiger partial charge in [0, 0.05) is 39.0 Å². The number of ether oxygens (including phenoxy) is 1. The molecule has 9 heteroatoms. The van der Waals surface area contributed by atoms with Crippen LogP contribution in [0.3, 0.4) is 0 Å². The van der Waals surface area contributed by atoms with Crippen LogP contribution in [0.15, 0.2) is 12.3 Å². The molecule has 0 radical (unpaired) electrons. The van der Waals surface area contributed by atoms with E-state index in [1.807, 2.05) is 4.90 Å². The van der Waals surface area contributed by atoms with E-state index in [1.165, 1.54) is 0 Å². The molecule has 25 heavy (non-hydrogen) atoms. The van der Waals surface area contributed by atoms with Crippen LogP contribution in [-0.2, 0) is 15.7 Å². The molecule has 1 atom stereocenters. The normalized spacial score (nSPS) is 22.2. The van der Waals surface area contributed by atoms with Crippen LogP contribution in [0.25, 0.3) is 0 Å². The average Bonchev–Trinajstić information content (AvgIpc) is 2.98. The summed E-state index contributed by atoms with van der Waals surface area (Å²) in [4.78, 5) is 20.0. The Morgan fingerprint density at radius 2 is 2.08 bits per heavy atom. The molecular formula is C16H19ClF3N3O2. The van der Waals surface area contributed by atoms with Gasteiger partial charge in [-0.2, -0.15) is 13.2 Å². The number of nitrogens with zero attached hydrogens (tertiary/aromatic N) is 3. The number of carbonyl (C=O) groups excluding carboxylic acids is 1. The van der Waals surface area contributed by atoms with E-state index in [0.29, 0.717) is 51.6 Å². The van der Waals surface area contributed by atoms with Crippen LogP contribution in [0.5, 0.6) is 0 Å². The van der Waals surface area contributed by atoms with Gasteiger partial charge < -0.3 is 14.5 Å². The predicted octanol–water partition coefficient (Wildman–Crippen LogP) is 2.83. The van der Waals surface area contributed by atoms with Crippen molar-refractivity contribution >= 4 is 23.3 Å². The molecule has 2 aliphatic heterocycles. The summed E-state index contributed by atoms with van der Waals surface area (Å²) in [7, 11) is 0. The van der Waals surface area contributed by atoms with E-state index in [9.17, 15) is 18.0 Å². The number of rotatable bonds is 2. The molecule has 1 amide bonds. The van der Waals surface area contributed by atoms with Gasteiger partial charge in [0.1, 0.15) is 5.82 Å². The monoisotopic (exact) mass is 377 g/mol.